The largest absolute Gasteiger partial charge is 0.377 e. The van der Waals surface area contributed by atoms with Crippen LogP contribution in [-0.4, -0.2) is 32.1 Å². The third kappa shape index (κ3) is 6.01. The number of amides is 3. The molecule has 1 atom stereocenters. The highest BCUT2D eigenvalue weighted by Gasteiger charge is 2.24. The Kier molecular flexibility index (Phi) is 7.44. The van der Waals surface area contributed by atoms with Gasteiger partial charge in [-0.3, -0.25) is 4.79 Å². The average molecular weight is 383 g/mol. The molecule has 0 heterocycles. The third-order valence-electron chi connectivity index (χ3n) is 4.48. The Balaban J connectivity index is 1.97. The van der Waals surface area contributed by atoms with Crippen molar-refractivity contribution in [1.82, 2.24) is 10.6 Å². The second-order valence-corrected chi connectivity index (χ2v) is 7.42. The zero-order chi connectivity index (χ0) is 20.7. The van der Waals surface area contributed by atoms with Crippen LogP contribution in [0, 0.1) is 12.8 Å². The molecule has 2 aromatic rings. The Bertz CT molecular complexity index is 803. The molecule has 0 aliphatic rings. The minimum absolute atomic E-state index is 0.0513. The van der Waals surface area contributed by atoms with Crippen molar-refractivity contribution in [2.75, 3.05) is 24.3 Å². The number of nitrogens with zero attached hydrogens (tertiary/aromatic N) is 1. The second-order valence-electron chi connectivity index (χ2n) is 7.42. The Morgan fingerprint density at radius 2 is 1.71 bits per heavy atom. The first-order valence-electron chi connectivity index (χ1n) is 9.45. The molecule has 0 fully saturated rings. The normalized spacial score (nSPS) is 11.6. The summed E-state index contributed by atoms with van der Waals surface area (Å²) in [7, 11) is 3.96. The Morgan fingerprint density at radius 3 is 2.29 bits per heavy atom. The van der Waals surface area contributed by atoms with Gasteiger partial charge in [-0.1, -0.05) is 44.2 Å². The van der Waals surface area contributed by atoms with Crippen LogP contribution in [0.15, 0.2) is 48.5 Å². The lowest BCUT2D eigenvalue weighted by molar-refractivity contribution is -0.118. The van der Waals surface area contributed by atoms with Crippen LogP contribution >= 0.6 is 0 Å². The third-order valence-corrected chi connectivity index (χ3v) is 4.48. The van der Waals surface area contributed by atoms with Gasteiger partial charge >= 0.3 is 6.03 Å². The van der Waals surface area contributed by atoms with Gasteiger partial charge in [0.05, 0.1) is 0 Å². The minimum atomic E-state index is -0.635. The molecule has 1 unspecified atom stereocenters. The van der Waals surface area contributed by atoms with E-state index in [0.29, 0.717) is 12.2 Å². The molecule has 3 N–H and O–H groups in total. The fraction of sp³-hybridized carbons (Fsp3) is 0.364. The van der Waals surface area contributed by atoms with Crippen molar-refractivity contribution in [3.8, 4) is 0 Å². The van der Waals surface area contributed by atoms with Gasteiger partial charge in [0.1, 0.15) is 6.04 Å². The van der Waals surface area contributed by atoms with Crippen LogP contribution in [0.25, 0.3) is 0 Å². The number of anilines is 2. The van der Waals surface area contributed by atoms with Gasteiger partial charge in [0.2, 0.25) is 5.91 Å². The van der Waals surface area contributed by atoms with E-state index in [2.05, 4.69) is 16.0 Å². The van der Waals surface area contributed by atoms with Crippen molar-refractivity contribution in [2.45, 2.75) is 33.4 Å². The van der Waals surface area contributed by atoms with Crippen molar-refractivity contribution in [2.24, 2.45) is 5.92 Å². The Hall–Kier alpha value is -3.02. The highest BCUT2D eigenvalue weighted by Crippen LogP contribution is 2.22. The summed E-state index contributed by atoms with van der Waals surface area (Å²) >= 11 is 0. The number of carbonyl (C=O) groups is 2. The summed E-state index contributed by atoms with van der Waals surface area (Å²) in [6, 6.07) is 14.4. The average Bonchev–Trinajstić information content (AvgIpc) is 2.64. The maximum absolute atomic E-state index is 12.7. The van der Waals surface area contributed by atoms with Crippen molar-refractivity contribution < 1.29 is 9.59 Å². The number of urea groups is 1. The van der Waals surface area contributed by atoms with E-state index in [1.54, 1.807) is 0 Å². The standard InChI is InChI=1S/C22H30N4O2/c1-15(2)20(25-22(28)23-14-17-9-7-6-8-10-17)21(27)24-18-11-12-19(26(4)5)16(3)13-18/h6-13,15,20H,14H2,1-5H3,(H,24,27)(H2,23,25,28). The van der Waals surface area contributed by atoms with Gasteiger partial charge in [0, 0.05) is 32.0 Å². The number of carbonyl (C=O) groups excluding carboxylic acids is 2. The molecule has 3 amide bonds. The highest BCUT2D eigenvalue weighted by atomic mass is 16.2. The first-order valence-corrected chi connectivity index (χ1v) is 9.45. The topological polar surface area (TPSA) is 73.5 Å². The monoisotopic (exact) mass is 382 g/mol. The number of rotatable bonds is 7. The lowest BCUT2D eigenvalue weighted by Crippen LogP contribution is -2.50. The van der Waals surface area contributed by atoms with Gasteiger partial charge < -0.3 is 20.9 Å². The molecule has 0 saturated heterocycles. The van der Waals surface area contributed by atoms with Crippen LogP contribution < -0.4 is 20.9 Å². The predicted molar refractivity (Wildman–Crippen MR) is 115 cm³/mol. The van der Waals surface area contributed by atoms with Crippen LogP contribution in [0.3, 0.4) is 0 Å². The van der Waals surface area contributed by atoms with Gasteiger partial charge in [-0.15, -0.1) is 0 Å². The van der Waals surface area contributed by atoms with E-state index in [-0.39, 0.29) is 17.9 Å². The Labute approximate surface area is 167 Å². The molecule has 0 saturated carbocycles. The van der Waals surface area contributed by atoms with Crippen LogP contribution in [0.2, 0.25) is 0 Å². The van der Waals surface area contributed by atoms with Crippen LogP contribution in [0.4, 0.5) is 16.2 Å². The van der Waals surface area contributed by atoms with Gasteiger partial charge in [-0.25, -0.2) is 4.79 Å². The summed E-state index contributed by atoms with van der Waals surface area (Å²) in [5.74, 6) is -0.286. The summed E-state index contributed by atoms with van der Waals surface area (Å²) in [5.41, 5.74) is 3.87. The fourth-order valence-electron chi connectivity index (χ4n) is 2.96. The molecule has 28 heavy (non-hydrogen) atoms. The summed E-state index contributed by atoms with van der Waals surface area (Å²) in [5, 5.41) is 8.49. The van der Waals surface area contributed by atoms with E-state index in [1.807, 2.05) is 88.3 Å². The van der Waals surface area contributed by atoms with E-state index >= 15 is 0 Å². The molecule has 0 spiro atoms. The fourth-order valence-corrected chi connectivity index (χ4v) is 2.96. The van der Waals surface area contributed by atoms with E-state index < -0.39 is 6.04 Å². The lowest BCUT2D eigenvalue weighted by atomic mass is 10.0. The van der Waals surface area contributed by atoms with Crippen LogP contribution in [-0.2, 0) is 11.3 Å². The number of nitrogens with one attached hydrogen (secondary N) is 3. The summed E-state index contributed by atoms with van der Waals surface area (Å²) < 4.78 is 0. The zero-order valence-electron chi connectivity index (χ0n) is 17.2. The SMILES string of the molecule is Cc1cc(NC(=O)C(NC(=O)NCc2ccccc2)C(C)C)ccc1N(C)C. The van der Waals surface area contributed by atoms with Crippen LogP contribution in [0.5, 0.6) is 0 Å². The van der Waals surface area contributed by atoms with Crippen LogP contribution in [0.1, 0.15) is 25.0 Å². The molecule has 0 aliphatic heterocycles. The van der Waals surface area contributed by atoms with E-state index in [9.17, 15) is 9.59 Å². The van der Waals surface area contributed by atoms with Gasteiger partial charge in [-0.05, 0) is 42.2 Å². The maximum atomic E-state index is 12.7. The molecule has 0 radical (unpaired) electrons. The molecular weight excluding hydrogens is 352 g/mol. The van der Waals surface area contributed by atoms with Gasteiger partial charge in [0.25, 0.3) is 0 Å². The van der Waals surface area contributed by atoms with E-state index in [1.165, 1.54) is 0 Å². The highest BCUT2D eigenvalue weighted by molar-refractivity contribution is 5.97. The molecular formula is C22H30N4O2. The lowest BCUT2D eigenvalue weighted by Gasteiger charge is -2.22. The predicted octanol–water partition coefficient (Wildman–Crippen LogP) is 3.52. The first-order chi connectivity index (χ1) is 13.3. The molecule has 0 aliphatic carbocycles. The molecule has 6 nitrogen and oxygen atoms in total. The minimum Gasteiger partial charge on any atom is -0.377 e. The van der Waals surface area contributed by atoms with Gasteiger partial charge in [0.15, 0.2) is 0 Å². The van der Waals surface area contributed by atoms with Crippen molar-refractivity contribution >= 4 is 23.3 Å². The molecule has 2 aromatic carbocycles. The summed E-state index contributed by atoms with van der Waals surface area (Å²) in [4.78, 5) is 27.0. The zero-order valence-corrected chi connectivity index (χ0v) is 17.2. The smallest absolute Gasteiger partial charge is 0.315 e. The number of hydrogen-bond donors (Lipinski definition) is 3. The van der Waals surface area contributed by atoms with E-state index in [0.717, 1.165) is 16.8 Å². The summed E-state index contributed by atoms with van der Waals surface area (Å²) in [6.07, 6.45) is 0. The second kappa shape index (κ2) is 9.78. The maximum Gasteiger partial charge on any atom is 0.315 e. The molecule has 0 aromatic heterocycles. The molecule has 150 valence electrons. The van der Waals surface area contributed by atoms with Crippen molar-refractivity contribution in [1.29, 1.82) is 0 Å². The van der Waals surface area contributed by atoms with Crippen molar-refractivity contribution in [3.63, 3.8) is 0 Å². The quantitative estimate of drug-likeness (QED) is 0.686. The van der Waals surface area contributed by atoms with E-state index in [4.69, 9.17) is 0 Å². The first kappa shape index (κ1) is 21.3. The number of benzene rings is 2. The van der Waals surface area contributed by atoms with Gasteiger partial charge in [-0.2, -0.15) is 0 Å². The number of aryl methyl sites for hydroxylation is 1. The summed E-state index contributed by atoms with van der Waals surface area (Å²) in [6.45, 7) is 6.22. The molecule has 6 heteroatoms. The molecule has 0 bridgehead atoms. The van der Waals surface area contributed by atoms with Crippen molar-refractivity contribution in [3.05, 3.63) is 59.7 Å². The number of hydrogen-bond acceptors (Lipinski definition) is 3. The molecule has 2 rings (SSSR count). The Morgan fingerprint density at radius 1 is 1.04 bits per heavy atom.